The SMILES string of the molecule is CC(=O)N(C)Cc1cncc(Cl)c1CO. The molecule has 1 aromatic heterocycles. The standard InChI is InChI=1S/C10H13ClN2O2/c1-7(15)13(2)5-8-3-12-4-10(11)9(8)6-14/h3-4,14H,5-6H2,1-2H3. The molecule has 1 rings (SSSR count). The zero-order chi connectivity index (χ0) is 11.4. The molecule has 0 atom stereocenters. The lowest BCUT2D eigenvalue weighted by Gasteiger charge is -2.16. The number of hydrogen-bond acceptors (Lipinski definition) is 3. The Balaban J connectivity index is 2.94. The number of carbonyl (C=O) groups excluding carboxylic acids is 1. The smallest absolute Gasteiger partial charge is 0.219 e. The fourth-order valence-electron chi connectivity index (χ4n) is 1.18. The second kappa shape index (κ2) is 5.09. The van der Waals surface area contributed by atoms with Gasteiger partial charge >= 0.3 is 0 Å². The Morgan fingerprint density at radius 3 is 2.80 bits per heavy atom. The molecule has 1 N–H and O–H groups in total. The molecule has 4 nitrogen and oxygen atoms in total. The van der Waals surface area contributed by atoms with E-state index in [1.165, 1.54) is 18.0 Å². The molecule has 5 heteroatoms. The fourth-order valence-corrected chi connectivity index (χ4v) is 1.42. The third-order valence-electron chi connectivity index (χ3n) is 2.20. The maximum Gasteiger partial charge on any atom is 0.219 e. The molecule has 0 unspecified atom stereocenters. The minimum Gasteiger partial charge on any atom is -0.392 e. The first-order chi connectivity index (χ1) is 7.06. The Morgan fingerprint density at radius 2 is 2.27 bits per heavy atom. The van der Waals surface area contributed by atoms with Gasteiger partial charge in [0.2, 0.25) is 5.91 Å². The molecule has 0 spiro atoms. The van der Waals surface area contributed by atoms with E-state index in [4.69, 9.17) is 16.7 Å². The van der Waals surface area contributed by atoms with E-state index < -0.39 is 0 Å². The topological polar surface area (TPSA) is 53.4 Å². The van der Waals surface area contributed by atoms with Gasteiger partial charge in [0.1, 0.15) is 0 Å². The average molecular weight is 229 g/mol. The third-order valence-corrected chi connectivity index (χ3v) is 2.52. The van der Waals surface area contributed by atoms with Gasteiger partial charge < -0.3 is 10.0 Å². The zero-order valence-corrected chi connectivity index (χ0v) is 9.45. The monoisotopic (exact) mass is 228 g/mol. The summed E-state index contributed by atoms with van der Waals surface area (Å²) in [5, 5.41) is 9.56. The maximum absolute atomic E-state index is 11.0. The van der Waals surface area contributed by atoms with Gasteiger partial charge in [-0.2, -0.15) is 0 Å². The molecule has 1 heterocycles. The average Bonchev–Trinajstić information content (AvgIpc) is 2.18. The molecule has 0 aromatic carbocycles. The van der Waals surface area contributed by atoms with Crippen molar-refractivity contribution in [3.05, 3.63) is 28.5 Å². The van der Waals surface area contributed by atoms with E-state index in [1.54, 1.807) is 13.2 Å². The van der Waals surface area contributed by atoms with Crippen molar-refractivity contribution in [3.8, 4) is 0 Å². The molecule has 0 aliphatic heterocycles. The highest BCUT2D eigenvalue weighted by Gasteiger charge is 2.10. The van der Waals surface area contributed by atoms with Gasteiger partial charge in [0.15, 0.2) is 0 Å². The number of pyridine rings is 1. The highest BCUT2D eigenvalue weighted by Crippen LogP contribution is 2.19. The summed E-state index contributed by atoms with van der Waals surface area (Å²) in [6.07, 6.45) is 3.08. The van der Waals surface area contributed by atoms with Crippen LogP contribution in [0.5, 0.6) is 0 Å². The Labute approximate surface area is 93.5 Å². The van der Waals surface area contributed by atoms with Crippen LogP contribution in [0.25, 0.3) is 0 Å². The summed E-state index contributed by atoms with van der Waals surface area (Å²) < 4.78 is 0. The molecule has 15 heavy (non-hydrogen) atoms. The molecule has 1 amide bonds. The quantitative estimate of drug-likeness (QED) is 0.846. The molecule has 0 aliphatic rings. The predicted molar refractivity (Wildman–Crippen MR) is 57.3 cm³/mol. The van der Waals surface area contributed by atoms with Crippen LogP contribution in [-0.2, 0) is 17.9 Å². The number of nitrogens with zero attached hydrogens (tertiary/aromatic N) is 2. The maximum atomic E-state index is 11.0. The van der Waals surface area contributed by atoms with Crippen LogP contribution in [0.1, 0.15) is 18.1 Å². The first kappa shape index (κ1) is 11.9. The van der Waals surface area contributed by atoms with E-state index in [1.807, 2.05) is 0 Å². The van der Waals surface area contributed by atoms with Crippen LogP contribution < -0.4 is 0 Å². The van der Waals surface area contributed by atoms with Crippen molar-refractivity contribution in [2.45, 2.75) is 20.1 Å². The van der Waals surface area contributed by atoms with Crippen molar-refractivity contribution in [2.75, 3.05) is 7.05 Å². The Morgan fingerprint density at radius 1 is 1.60 bits per heavy atom. The normalized spacial score (nSPS) is 10.1. The van der Waals surface area contributed by atoms with Crippen LogP contribution in [0.15, 0.2) is 12.4 Å². The van der Waals surface area contributed by atoms with Crippen LogP contribution in [0.4, 0.5) is 0 Å². The summed E-state index contributed by atoms with van der Waals surface area (Å²) in [6.45, 7) is 1.73. The third kappa shape index (κ3) is 2.91. The summed E-state index contributed by atoms with van der Waals surface area (Å²) in [5.74, 6) is -0.0427. The Kier molecular flexibility index (Phi) is 4.05. The summed E-state index contributed by atoms with van der Waals surface area (Å²) >= 11 is 5.87. The van der Waals surface area contributed by atoms with Crippen LogP contribution in [-0.4, -0.2) is 27.9 Å². The fraction of sp³-hybridized carbons (Fsp3) is 0.400. The van der Waals surface area contributed by atoms with E-state index in [2.05, 4.69) is 4.98 Å². The Bertz CT molecular complexity index is 368. The molecule has 0 fully saturated rings. The number of halogens is 1. The molecule has 0 saturated carbocycles. The zero-order valence-electron chi connectivity index (χ0n) is 8.70. The summed E-state index contributed by atoms with van der Waals surface area (Å²) in [4.78, 5) is 16.5. The van der Waals surface area contributed by atoms with Crippen LogP contribution in [0, 0.1) is 0 Å². The number of aliphatic hydroxyl groups excluding tert-OH is 1. The van der Waals surface area contributed by atoms with Crippen molar-refractivity contribution >= 4 is 17.5 Å². The second-order valence-electron chi connectivity index (χ2n) is 3.29. The predicted octanol–water partition coefficient (Wildman–Crippen LogP) is 1.21. The highest BCUT2D eigenvalue weighted by atomic mass is 35.5. The Hall–Kier alpha value is -1.13. The molecule has 0 radical (unpaired) electrons. The summed E-state index contributed by atoms with van der Waals surface area (Å²) in [5.41, 5.74) is 1.39. The van der Waals surface area contributed by atoms with E-state index in [9.17, 15) is 4.79 Å². The lowest BCUT2D eigenvalue weighted by atomic mass is 10.1. The molecule has 82 valence electrons. The number of hydrogen-bond donors (Lipinski definition) is 1. The van der Waals surface area contributed by atoms with E-state index >= 15 is 0 Å². The van der Waals surface area contributed by atoms with Crippen LogP contribution in [0.3, 0.4) is 0 Å². The van der Waals surface area contributed by atoms with Gasteiger partial charge in [-0.25, -0.2) is 0 Å². The van der Waals surface area contributed by atoms with Crippen LogP contribution >= 0.6 is 11.6 Å². The number of aliphatic hydroxyl groups is 1. The molecule has 1 aromatic rings. The van der Waals surface area contributed by atoms with Gasteiger partial charge in [-0.05, 0) is 5.56 Å². The van der Waals surface area contributed by atoms with E-state index in [-0.39, 0.29) is 12.5 Å². The van der Waals surface area contributed by atoms with Crippen LogP contribution in [0.2, 0.25) is 5.02 Å². The lowest BCUT2D eigenvalue weighted by Crippen LogP contribution is -2.23. The minimum atomic E-state index is -0.150. The molecular weight excluding hydrogens is 216 g/mol. The molecular formula is C10H13ClN2O2. The van der Waals surface area contributed by atoms with Crippen molar-refractivity contribution in [1.29, 1.82) is 0 Å². The summed E-state index contributed by atoms with van der Waals surface area (Å²) in [7, 11) is 1.68. The molecule has 0 bridgehead atoms. The van der Waals surface area contributed by atoms with Gasteiger partial charge in [0, 0.05) is 38.5 Å². The van der Waals surface area contributed by atoms with Crippen molar-refractivity contribution in [2.24, 2.45) is 0 Å². The first-order valence-corrected chi connectivity index (χ1v) is 4.88. The van der Waals surface area contributed by atoms with E-state index in [0.29, 0.717) is 17.1 Å². The van der Waals surface area contributed by atoms with Gasteiger partial charge in [0.25, 0.3) is 0 Å². The molecule has 0 saturated heterocycles. The number of amides is 1. The largest absolute Gasteiger partial charge is 0.392 e. The number of aromatic nitrogens is 1. The number of rotatable bonds is 3. The van der Waals surface area contributed by atoms with Crippen molar-refractivity contribution in [1.82, 2.24) is 9.88 Å². The second-order valence-corrected chi connectivity index (χ2v) is 3.70. The van der Waals surface area contributed by atoms with Gasteiger partial charge in [-0.3, -0.25) is 9.78 Å². The van der Waals surface area contributed by atoms with Crippen molar-refractivity contribution < 1.29 is 9.90 Å². The first-order valence-electron chi connectivity index (χ1n) is 4.50. The lowest BCUT2D eigenvalue weighted by molar-refractivity contribution is -0.128. The number of carbonyl (C=O) groups is 1. The highest BCUT2D eigenvalue weighted by molar-refractivity contribution is 6.31. The minimum absolute atomic E-state index is 0.0427. The van der Waals surface area contributed by atoms with Gasteiger partial charge in [0.05, 0.1) is 11.6 Å². The van der Waals surface area contributed by atoms with Gasteiger partial charge in [-0.15, -0.1) is 0 Å². The van der Waals surface area contributed by atoms with E-state index in [0.717, 1.165) is 5.56 Å². The van der Waals surface area contributed by atoms with Gasteiger partial charge in [-0.1, -0.05) is 11.6 Å². The summed E-state index contributed by atoms with van der Waals surface area (Å²) in [6, 6.07) is 0. The van der Waals surface area contributed by atoms with Crippen molar-refractivity contribution in [3.63, 3.8) is 0 Å². The molecule has 0 aliphatic carbocycles.